The van der Waals surface area contributed by atoms with Gasteiger partial charge in [-0.05, 0) is 30.5 Å². The van der Waals surface area contributed by atoms with Crippen molar-refractivity contribution in [1.29, 1.82) is 0 Å². The van der Waals surface area contributed by atoms with Gasteiger partial charge in [0.05, 0.1) is 0 Å². The first kappa shape index (κ1) is 9.49. The molecule has 0 bridgehead atoms. The van der Waals surface area contributed by atoms with Crippen LogP contribution in [0, 0.1) is 6.92 Å². The molecule has 2 nitrogen and oxygen atoms in total. The van der Waals surface area contributed by atoms with Gasteiger partial charge in [0.2, 0.25) is 0 Å². The van der Waals surface area contributed by atoms with Gasteiger partial charge < -0.3 is 10.2 Å². The van der Waals surface area contributed by atoms with Crippen molar-refractivity contribution in [2.24, 2.45) is 0 Å². The number of hydrogen-bond acceptors (Lipinski definition) is 2. The summed E-state index contributed by atoms with van der Waals surface area (Å²) in [6.45, 7) is 5.38. The van der Waals surface area contributed by atoms with E-state index in [1.165, 1.54) is 23.2 Å². The number of rotatable bonds is 0. The van der Waals surface area contributed by atoms with Crippen molar-refractivity contribution in [3.63, 3.8) is 0 Å². The van der Waals surface area contributed by atoms with Crippen LogP contribution in [0.5, 0.6) is 0 Å². The highest BCUT2D eigenvalue weighted by Crippen LogP contribution is 2.36. The fraction of sp³-hybridized carbons (Fsp3) is 0.500. The van der Waals surface area contributed by atoms with Gasteiger partial charge in [-0.15, -0.1) is 0 Å². The molecule has 0 radical (unpaired) electrons. The lowest BCUT2D eigenvalue weighted by molar-refractivity contribution is 0.495. The highest BCUT2D eigenvalue weighted by molar-refractivity contribution is 6.31. The Bertz CT molecular complexity index is 403. The van der Waals surface area contributed by atoms with Gasteiger partial charge in [0.25, 0.3) is 0 Å². The summed E-state index contributed by atoms with van der Waals surface area (Å²) >= 11 is 6.18. The first-order valence-corrected chi connectivity index (χ1v) is 5.90. The highest BCUT2D eigenvalue weighted by atomic mass is 35.5. The van der Waals surface area contributed by atoms with Gasteiger partial charge in [0.1, 0.15) is 0 Å². The van der Waals surface area contributed by atoms with Crippen LogP contribution in [0.25, 0.3) is 0 Å². The van der Waals surface area contributed by atoms with Crippen LogP contribution in [0.4, 0.5) is 5.69 Å². The van der Waals surface area contributed by atoms with Gasteiger partial charge in [-0.1, -0.05) is 17.7 Å². The SMILES string of the molecule is Cc1cc2c(cc1Cl)N1CCNC[C@@H]1C2. The molecule has 0 aromatic heterocycles. The molecule has 2 aliphatic rings. The zero-order valence-electron chi connectivity index (χ0n) is 8.89. The van der Waals surface area contributed by atoms with Gasteiger partial charge >= 0.3 is 0 Å². The molecule has 0 spiro atoms. The molecule has 1 aromatic carbocycles. The number of benzene rings is 1. The van der Waals surface area contributed by atoms with Crippen LogP contribution in [-0.4, -0.2) is 25.7 Å². The van der Waals surface area contributed by atoms with Crippen LogP contribution in [0.1, 0.15) is 11.1 Å². The van der Waals surface area contributed by atoms with Crippen molar-refractivity contribution in [1.82, 2.24) is 5.32 Å². The number of aryl methyl sites for hydroxylation is 1. The minimum atomic E-state index is 0.645. The topological polar surface area (TPSA) is 15.3 Å². The Hall–Kier alpha value is -0.730. The van der Waals surface area contributed by atoms with Crippen LogP contribution >= 0.6 is 11.6 Å². The zero-order chi connectivity index (χ0) is 10.4. The molecule has 1 fully saturated rings. The molecule has 0 unspecified atom stereocenters. The first-order valence-electron chi connectivity index (χ1n) is 5.52. The van der Waals surface area contributed by atoms with Crippen molar-refractivity contribution in [3.8, 4) is 0 Å². The molecule has 15 heavy (non-hydrogen) atoms. The lowest BCUT2D eigenvalue weighted by atomic mass is 10.1. The van der Waals surface area contributed by atoms with E-state index < -0.39 is 0 Å². The molecule has 80 valence electrons. The quantitative estimate of drug-likeness (QED) is 0.722. The molecule has 2 heterocycles. The summed E-state index contributed by atoms with van der Waals surface area (Å²) in [6, 6.07) is 5.03. The van der Waals surface area contributed by atoms with Crippen molar-refractivity contribution >= 4 is 17.3 Å². The van der Waals surface area contributed by atoms with Gasteiger partial charge in [-0.2, -0.15) is 0 Å². The molecular weight excluding hydrogens is 208 g/mol. The highest BCUT2D eigenvalue weighted by Gasteiger charge is 2.31. The third-order valence-electron chi connectivity index (χ3n) is 3.48. The average molecular weight is 223 g/mol. The number of hydrogen-bond donors (Lipinski definition) is 1. The van der Waals surface area contributed by atoms with Gasteiger partial charge in [-0.25, -0.2) is 0 Å². The van der Waals surface area contributed by atoms with E-state index in [1.54, 1.807) is 0 Å². The Morgan fingerprint density at radius 1 is 1.47 bits per heavy atom. The Morgan fingerprint density at radius 2 is 2.33 bits per heavy atom. The third kappa shape index (κ3) is 1.44. The molecule has 3 heteroatoms. The van der Waals surface area contributed by atoms with E-state index in [1.807, 2.05) is 0 Å². The summed E-state index contributed by atoms with van der Waals surface area (Å²) in [7, 11) is 0. The number of anilines is 1. The number of piperazine rings is 1. The molecule has 2 aliphatic heterocycles. The number of fused-ring (bicyclic) bond motifs is 3. The molecule has 0 aliphatic carbocycles. The van der Waals surface area contributed by atoms with Crippen LogP contribution < -0.4 is 10.2 Å². The van der Waals surface area contributed by atoms with Crippen molar-refractivity contribution in [2.75, 3.05) is 24.5 Å². The predicted octanol–water partition coefficient (Wildman–Crippen LogP) is 1.98. The summed E-state index contributed by atoms with van der Waals surface area (Å²) in [5, 5.41) is 4.34. The second-order valence-electron chi connectivity index (χ2n) is 4.49. The number of halogens is 1. The van der Waals surface area contributed by atoms with E-state index in [2.05, 4.69) is 29.3 Å². The van der Waals surface area contributed by atoms with Crippen molar-refractivity contribution < 1.29 is 0 Å². The van der Waals surface area contributed by atoms with E-state index in [0.29, 0.717) is 6.04 Å². The fourth-order valence-corrected chi connectivity index (χ4v) is 2.83. The Morgan fingerprint density at radius 3 is 3.20 bits per heavy atom. The summed E-state index contributed by atoms with van der Waals surface area (Å²) in [5.41, 5.74) is 4.02. The maximum absolute atomic E-state index is 6.18. The van der Waals surface area contributed by atoms with E-state index in [9.17, 15) is 0 Å². The van der Waals surface area contributed by atoms with Crippen molar-refractivity contribution in [2.45, 2.75) is 19.4 Å². The molecule has 3 rings (SSSR count). The Balaban J connectivity index is 2.04. The minimum Gasteiger partial charge on any atom is -0.365 e. The summed E-state index contributed by atoms with van der Waals surface area (Å²) in [6.07, 6.45) is 1.17. The second-order valence-corrected chi connectivity index (χ2v) is 4.89. The average Bonchev–Trinajstić information content (AvgIpc) is 2.57. The third-order valence-corrected chi connectivity index (χ3v) is 3.88. The smallest absolute Gasteiger partial charge is 0.0456 e. The summed E-state index contributed by atoms with van der Waals surface area (Å²) in [5.74, 6) is 0. The Kier molecular flexibility index (Phi) is 2.15. The standard InChI is InChI=1S/C12H15ClN2/c1-8-4-9-5-10-7-14-2-3-15(10)12(9)6-11(8)13/h4,6,10,14H,2-3,5,7H2,1H3/t10-/m0/s1. The maximum Gasteiger partial charge on any atom is 0.0456 e. The second kappa shape index (κ2) is 3.39. The lowest BCUT2D eigenvalue weighted by Gasteiger charge is -2.32. The molecule has 0 amide bonds. The van der Waals surface area contributed by atoms with Crippen LogP contribution in [0.3, 0.4) is 0 Å². The molecule has 1 N–H and O–H groups in total. The molecular formula is C12H15ClN2. The summed E-state index contributed by atoms with van der Waals surface area (Å²) in [4.78, 5) is 2.50. The Labute approximate surface area is 95.2 Å². The van der Waals surface area contributed by atoms with Gasteiger partial charge in [0, 0.05) is 36.4 Å². The number of nitrogens with one attached hydrogen (secondary N) is 1. The predicted molar refractivity (Wildman–Crippen MR) is 63.9 cm³/mol. The fourth-order valence-electron chi connectivity index (χ4n) is 2.68. The maximum atomic E-state index is 6.18. The van der Waals surface area contributed by atoms with Gasteiger partial charge in [0.15, 0.2) is 0 Å². The van der Waals surface area contributed by atoms with Crippen LogP contribution in [0.2, 0.25) is 5.02 Å². The number of nitrogens with zero attached hydrogens (tertiary/aromatic N) is 1. The zero-order valence-corrected chi connectivity index (χ0v) is 9.64. The van der Waals surface area contributed by atoms with Crippen molar-refractivity contribution in [3.05, 3.63) is 28.3 Å². The van der Waals surface area contributed by atoms with Crippen LogP contribution in [-0.2, 0) is 6.42 Å². The molecule has 0 saturated carbocycles. The van der Waals surface area contributed by atoms with E-state index in [4.69, 9.17) is 11.6 Å². The molecule has 1 aromatic rings. The molecule has 1 atom stereocenters. The molecule has 1 saturated heterocycles. The normalized spacial score (nSPS) is 23.9. The minimum absolute atomic E-state index is 0.645. The van der Waals surface area contributed by atoms with E-state index >= 15 is 0 Å². The summed E-state index contributed by atoms with van der Waals surface area (Å²) < 4.78 is 0. The van der Waals surface area contributed by atoms with E-state index in [0.717, 1.165) is 24.7 Å². The first-order chi connectivity index (χ1) is 7.25. The largest absolute Gasteiger partial charge is 0.365 e. The van der Waals surface area contributed by atoms with Crippen LogP contribution in [0.15, 0.2) is 12.1 Å². The van der Waals surface area contributed by atoms with E-state index in [-0.39, 0.29) is 0 Å². The monoisotopic (exact) mass is 222 g/mol. The van der Waals surface area contributed by atoms with Gasteiger partial charge in [-0.3, -0.25) is 0 Å². The lowest BCUT2D eigenvalue weighted by Crippen LogP contribution is -2.49.